The van der Waals surface area contributed by atoms with Crippen molar-refractivity contribution in [1.29, 1.82) is 0 Å². The van der Waals surface area contributed by atoms with Crippen molar-refractivity contribution in [2.75, 3.05) is 40.5 Å². The average Bonchev–Trinajstić information content (AvgIpc) is 2.94. The Morgan fingerprint density at radius 2 is 1.89 bits per heavy atom. The fourth-order valence-electron chi connectivity index (χ4n) is 2.15. The van der Waals surface area contributed by atoms with E-state index < -0.39 is 0 Å². The molecule has 0 saturated heterocycles. The lowest BCUT2D eigenvalue weighted by Crippen LogP contribution is -2.43. The van der Waals surface area contributed by atoms with E-state index in [0.717, 1.165) is 19.5 Å². The molecule has 2 atom stereocenters. The van der Waals surface area contributed by atoms with E-state index in [4.69, 9.17) is 15.2 Å². The van der Waals surface area contributed by atoms with Crippen LogP contribution in [-0.4, -0.2) is 51.5 Å². The third-order valence-corrected chi connectivity index (χ3v) is 4.21. The number of hydrogen-bond donors (Lipinski definition) is 1. The first-order valence-corrected chi connectivity index (χ1v) is 7.63. The Labute approximate surface area is 120 Å². The zero-order valence-corrected chi connectivity index (χ0v) is 13.0. The Morgan fingerprint density at radius 1 is 1.26 bits per heavy atom. The van der Waals surface area contributed by atoms with E-state index in [1.807, 2.05) is 0 Å². The number of nitrogens with two attached hydrogens (primary N) is 1. The molecule has 0 aliphatic rings. The minimum absolute atomic E-state index is 0.132. The summed E-state index contributed by atoms with van der Waals surface area (Å²) in [5.74, 6) is 0. The summed E-state index contributed by atoms with van der Waals surface area (Å²) < 4.78 is 10.4. The molecule has 0 aliphatic carbocycles. The molecule has 0 bridgehead atoms. The molecule has 0 fully saturated rings. The molecule has 0 aromatic carbocycles. The quantitative estimate of drug-likeness (QED) is 0.716. The van der Waals surface area contributed by atoms with Crippen molar-refractivity contribution in [3.63, 3.8) is 0 Å². The summed E-state index contributed by atoms with van der Waals surface area (Å²) in [7, 11) is 3.46. The topological polar surface area (TPSA) is 47.7 Å². The van der Waals surface area contributed by atoms with Gasteiger partial charge in [0.1, 0.15) is 0 Å². The molecule has 19 heavy (non-hydrogen) atoms. The van der Waals surface area contributed by atoms with Gasteiger partial charge in [0, 0.05) is 38.2 Å². The van der Waals surface area contributed by atoms with Crippen LogP contribution in [0.15, 0.2) is 17.5 Å². The molecular formula is C14H26N2O2S. The van der Waals surface area contributed by atoms with E-state index in [1.54, 1.807) is 25.6 Å². The SMILES string of the molecule is CCC(N)C(c1cccs1)N(CCOC)CCOC. The van der Waals surface area contributed by atoms with Crippen LogP contribution in [-0.2, 0) is 9.47 Å². The molecule has 1 aromatic rings. The van der Waals surface area contributed by atoms with Crippen LogP contribution in [0.5, 0.6) is 0 Å². The van der Waals surface area contributed by atoms with Gasteiger partial charge in [0.2, 0.25) is 0 Å². The van der Waals surface area contributed by atoms with Crippen LogP contribution in [0.4, 0.5) is 0 Å². The van der Waals surface area contributed by atoms with E-state index in [-0.39, 0.29) is 12.1 Å². The van der Waals surface area contributed by atoms with Crippen LogP contribution in [0.3, 0.4) is 0 Å². The fourth-order valence-corrected chi connectivity index (χ4v) is 3.09. The van der Waals surface area contributed by atoms with Crippen LogP contribution in [0, 0.1) is 0 Å². The number of thiophene rings is 1. The molecule has 4 nitrogen and oxygen atoms in total. The molecule has 110 valence electrons. The lowest BCUT2D eigenvalue weighted by Gasteiger charge is -2.34. The Morgan fingerprint density at radius 3 is 2.32 bits per heavy atom. The molecule has 0 radical (unpaired) electrons. The summed E-state index contributed by atoms with van der Waals surface area (Å²) in [6.45, 7) is 5.30. The van der Waals surface area contributed by atoms with Gasteiger partial charge in [0.15, 0.2) is 0 Å². The van der Waals surface area contributed by atoms with Gasteiger partial charge in [-0.3, -0.25) is 4.90 Å². The number of methoxy groups -OCH3 is 2. The Hall–Kier alpha value is -0.460. The Kier molecular flexibility index (Phi) is 8.25. The number of ether oxygens (including phenoxy) is 2. The molecule has 1 rings (SSSR count). The highest BCUT2D eigenvalue weighted by molar-refractivity contribution is 7.10. The molecular weight excluding hydrogens is 260 g/mol. The van der Waals surface area contributed by atoms with Gasteiger partial charge in [-0.1, -0.05) is 13.0 Å². The lowest BCUT2D eigenvalue weighted by molar-refractivity contribution is 0.0787. The zero-order chi connectivity index (χ0) is 14.1. The maximum absolute atomic E-state index is 6.34. The van der Waals surface area contributed by atoms with E-state index >= 15 is 0 Å². The van der Waals surface area contributed by atoms with Gasteiger partial charge >= 0.3 is 0 Å². The third-order valence-electron chi connectivity index (χ3n) is 3.27. The van der Waals surface area contributed by atoms with Crippen molar-refractivity contribution in [3.05, 3.63) is 22.4 Å². The molecule has 1 aromatic heterocycles. The van der Waals surface area contributed by atoms with Crippen molar-refractivity contribution >= 4 is 11.3 Å². The summed E-state index contributed by atoms with van der Waals surface area (Å²) in [5, 5.41) is 2.11. The highest BCUT2D eigenvalue weighted by Gasteiger charge is 2.26. The van der Waals surface area contributed by atoms with Gasteiger partial charge in [0.05, 0.1) is 19.3 Å². The van der Waals surface area contributed by atoms with E-state index in [0.29, 0.717) is 13.2 Å². The normalized spacial score (nSPS) is 14.8. The second kappa shape index (κ2) is 9.44. The molecule has 5 heteroatoms. The van der Waals surface area contributed by atoms with Crippen molar-refractivity contribution in [2.45, 2.75) is 25.4 Å². The van der Waals surface area contributed by atoms with Crippen LogP contribution in [0.2, 0.25) is 0 Å². The first-order valence-electron chi connectivity index (χ1n) is 6.75. The van der Waals surface area contributed by atoms with Gasteiger partial charge in [-0.15, -0.1) is 11.3 Å². The van der Waals surface area contributed by atoms with Gasteiger partial charge in [-0.05, 0) is 17.9 Å². The zero-order valence-electron chi connectivity index (χ0n) is 12.2. The molecule has 0 amide bonds. The molecule has 2 N–H and O–H groups in total. The van der Waals surface area contributed by atoms with Gasteiger partial charge in [-0.25, -0.2) is 0 Å². The van der Waals surface area contributed by atoms with Crippen molar-refractivity contribution in [2.24, 2.45) is 5.73 Å². The number of rotatable bonds is 10. The Balaban J connectivity index is 2.82. The monoisotopic (exact) mass is 286 g/mol. The van der Waals surface area contributed by atoms with Crippen LogP contribution < -0.4 is 5.73 Å². The first-order chi connectivity index (χ1) is 9.24. The minimum Gasteiger partial charge on any atom is -0.383 e. The predicted octanol–water partition coefficient (Wildman–Crippen LogP) is 2.12. The summed E-state index contributed by atoms with van der Waals surface area (Å²) >= 11 is 1.77. The summed E-state index contributed by atoms with van der Waals surface area (Å²) in [4.78, 5) is 3.69. The van der Waals surface area contributed by atoms with Crippen molar-refractivity contribution < 1.29 is 9.47 Å². The number of nitrogens with zero attached hydrogens (tertiary/aromatic N) is 1. The molecule has 1 heterocycles. The van der Waals surface area contributed by atoms with Gasteiger partial charge in [-0.2, -0.15) is 0 Å². The summed E-state index contributed by atoms with van der Waals surface area (Å²) in [6, 6.07) is 4.63. The third kappa shape index (κ3) is 5.20. The van der Waals surface area contributed by atoms with E-state index in [2.05, 4.69) is 29.3 Å². The number of hydrogen-bond acceptors (Lipinski definition) is 5. The second-order valence-corrected chi connectivity index (χ2v) is 5.53. The van der Waals surface area contributed by atoms with Crippen molar-refractivity contribution in [1.82, 2.24) is 4.90 Å². The minimum atomic E-state index is 0.132. The van der Waals surface area contributed by atoms with Crippen molar-refractivity contribution in [3.8, 4) is 0 Å². The predicted molar refractivity (Wildman–Crippen MR) is 80.7 cm³/mol. The van der Waals surface area contributed by atoms with E-state index in [1.165, 1.54) is 4.88 Å². The highest BCUT2D eigenvalue weighted by Crippen LogP contribution is 2.28. The lowest BCUT2D eigenvalue weighted by atomic mass is 10.0. The maximum atomic E-state index is 6.34. The van der Waals surface area contributed by atoms with E-state index in [9.17, 15) is 0 Å². The first kappa shape index (κ1) is 16.6. The largest absolute Gasteiger partial charge is 0.383 e. The average molecular weight is 286 g/mol. The van der Waals surface area contributed by atoms with Gasteiger partial charge in [0.25, 0.3) is 0 Å². The summed E-state index contributed by atoms with van der Waals surface area (Å²) in [5.41, 5.74) is 6.34. The van der Waals surface area contributed by atoms with Crippen LogP contribution >= 0.6 is 11.3 Å². The second-order valence-electron chi connectivity index (χ2n) is 4.55. The van der Waals surface area contributed by atoms with Gasteiger partial charge < -0.3 is 15.2 Å². The molecule has 0 saturated carbocycles. The molecule has 2 unspecified atom stereocenters. The van der Waals surface area contributed by atoms with Crippen LogP contribution in [0.25, 0.3) is 0 Å². The summed E-state index contributed by atoms with van der Waals surface area (Å²) in [6.07, 6.45) is 0.957. The Bertz CT molecular complexity index is 311. The highest BCUT2D eigenvalue weighted by atomic mass is 32.1. The standard InChI is InChI=1S/C14H26N2O2S/c1-4-12(15)14(13-6-5-11-19-13)16(7-9-17-2)8-10-18-3/h5-6,11-12,14H,4,7-10,15H2,1-3H3. The maximum Gasteiger partial charge on any atom is 0.0594 e. The van der Waals surface area contributed by atoms with Crippen LogP contribution in [0.1, 0.15) is 24.3 Å². The fraction of sp³-hybridized carbons (Fsp3) is 0.714. The smallest absolute Gasteiger partial charge is 0.0594 e. The molecule has 0 aliphatic heterocycles. The molecule has 0 spiro atoms.